The third kappa shape index (κ3) is 2.74. The van der Waals surface area contributed by atoms with Crippen LogP contribution in [0.3, 0.4) is 0 Å². The summed E-state index contributed by atoms with van der Waals surface area (Å²) in [5.41, 5.74) is 7.80. The Morgan fingerprint density at radius 2 is 2.36 bits per heavy atom. The quantitative estimate of drug-likeness (QED) is 0.841. The predicted octanol–water partition coefficient (Wildman–Crippen LogP) is 2.89. The van der Waals surface area contributed by atoms with Crippen molar-refractivity contribution in [1.29, 1.82) is 0 Å². The molecule has 5 nitrogen and oxygen atoms in total. The van der Waals surface area contributed by atoms with E-state index in [1.54, 1.807) is 13.2 Å². The molecule has 2 aromatic rings. The van der Waals surface area contributed by atoms with Gasteiger partial charge in [0.2, 0.25) is 0 Å². The second kappa shape index (κ2) is 6.32. The van der Waals surface area contributed by atoms with Crippen molar-refractivity contribution in [3.8, 4) is 11.5 Å². The largest absolute Gasteiger partial charge is 0.493 e. The number of halogens is 1. The number of imidazole rings is 1. The van der Waals surface area contributed by atoms with Crippen molar-refractivity contribution < 1.29 is 9.47 Å². The maximum Gasteiger partial charge on any atom is 0.177 e. The van der Waals surface area contributed by atoms with Gasteiger partial charge in [-0.2, -0.15) is 0 Å². The Labute approximate surface area is 139 Å². The van der Waals surface area contributed by atoms with Crippen LogP contribution in [0.2, 0.25) is 5.02 Å². The van der Waals surface area contributed by atoms with Crippen molar-refractivity contribution in [3.63, 3.8) is 0 Å². The molecule has 1 aromatic carbocycles. The lowest BCUT2D eigenvalue weighted by Gasteiger charge is -2.28. The van der Waals surface area contributed by atoms with E-state index in [1.165, 1.54) is 0 Å². The van der Waals surface area contributed by atoms with Crippen LogP contribution in [0.1, 0.15) is 17.3 Å². The van der Waals surface area contributed by atoms with E-state index in [2.05, 4.69) is 9.55 Å². The minimum absolute atomic E-state index is 0.121. The molecule has 1 aliphatic heterocycles. The average molecular weight is 340 g/mol. The molecule has 1 aliphatic rings. The van der Waals surface area contributed by atoms with E-state index in [4.69, 9.17) is 39.0 Å². The van der Waals surface area contributed by atoms with E-state index in [9.17, 15) is 0 Å². The topological polar surface area (TPSA) is 65.2 Å². The summed E-state index contributed by atoms with van der Waals surface area (Å²) < 4.78 is 14.1. The number of aromatic nitrogens is 2. The molecule has 1 atom stereocenters. The summed E-state index contributed by atoms with van der Waals surface area (Å²) in [4.78, 5) is 3.09. The van der Waals surface area contributed by atoms with Gasteiger partial charge in [0.05, 0.1) is 13.2 Å². The fourth-order valence-corrected chi connectivity index (χ4v) is 3.46. The number of nitrogens with zero attached hydrogens (tertiary/aromatic N) is 1. The zero-order chi connectivity index (χ0) is 15.7. The molecule has 1 aromatic heterocycles. The molecule has 0 aliphatic carbocycles. The molecule has 0 saturated heterocycles. The SMILES string of the molecule is COc1cc(Cl)cc2c1OC[C@@H](n1c(CCN)c[nH]c1=S)C2. The van der Waals surface area contributed by atoms with Crippen LogP contribution in [0.25, 0.3) is 0 Å². The molecule has 0 spiro atoms. The van der Waals surface area contributed by atoms with Gasteiger partial charge in [0.25, 0.3) is 0 Å². The van der Waals surface area contributed by atoms with Crippen molar-refractivity contribution in [2.75, 3.05) is 20.3 Å². The number of aromatic amines is 1. The molecule has 0 amide bonds. The highest BCUT2D eigenvalue weighted by molar-refractivity contribution is 7.71. The van der Waals surface area contributed by atoms with Gasteiger partial charge < -0.3 is 24.8 Å². The highest BCUT2D eigenvalue weighted by atomic mass is 35.5. The van der Waals surface area contributed by atoms with Crippen LogP contribution in [-0.2, 0) is 12.8 Å². The lowest BCUT2D eigenvalue weighted by molar-refractivity contribution is 0.211. The fourth-order valence-electron chi connectivity index (χ4n) is 2.90. The zero-order valence-electron chi connectivity index (χ0n) is 12.3. The first-order chi connectivity index (χ1) is 10.6. The molecule has 22 heavy (non-hydrogen) atoms. The summed E-state index contributed by atoms with van der Waals surface area (Å²) in [7, 11) is 1.61. The second-order valence-electron chi connectivity index (χ2n) is 5.26. The van der Waals surface area contributed by atoms with Crippen molar-refractivity contribution in [2.24, 2.45) is 5.73 Å². The Bertz CT molecular complexity index is 741. The Morgan fingerprint density at radius 1 is 1.55 bits per heavy atom. The third-order valence-electron chi connectivity index (χ3n) is 3.85. The second-order valence-corrected chi connectivity index (χ2v) is 6.08. The van der Waals surface area contributed by atoms with Crippen LogP contribution in [0.5, 0.6) is 11.5 Å². The van der Waals surface area contributed by atoms with Gasteiger partial charge in [0, 0.05) is 41.4 Å². The Hall–Kier alpha value is -1.50. The molecule has 118 valence electrons. The Balaban J connectivity index is 1.97. The molecular weight excluding hydrogens is 322 g/mol. The lowest BCUT2D eigenvalue weighted by Crippen LogP contribution is -2.26. The first-order valence-corrected chi connectivity index (χ1v) is 7.90. The maximum absolute atomic E-state index is 6.16. The molecular formula is C15H18ClN3O2S. The van der Waals surface area contributed by atoms with Crippen molar-refractivity contribution in [3.05, 3.63) is 39.4 Å². The molecule has 3 rings (SSSR count). The molecule has 2 heterocycles. The van der Waals surface area contributed by atoms with Crippen molar-refractivity contribution >= 4 is 23.8 Å². The number of nitrogens with one attached hydrogen (secondary N) is 1. The number of hydrogen-bond donors (Lipinski definition) is 2. The highest BCUT2D eigenvalue weighted by Gasteiger charge is 2.26. The molecule has 3 N–H and O–H groups in total. The van der Waals surface area contributed by atoms with E-state index < -0.39 is 0 Å². The molecule has 0 fully saturated rings. The van der Waals surface area contributed by atoms with Gasteiger partial charge in [-0.25, -0.2) is 0 Å². The number of H-pyrrole nitrogens is 1. The minimum atomic E-state index is 0.121. The monoisotopic (exact) mass is 339 g/mol. The molecule has 0 bridgehead atoms. The fraction of sp³-hybridized carbons (Fsp3) is 0.400. The third-order valence-corrected chi connectivity index (χ3v) is 4.38. The van der Waals surface area contributed by atoms with Gasteiger partial charge in [-0.15, -0.1) is 0 Å². The summed E-state index contributed by atoms with van der Waals surface area (Å²) >= 11 is 11.6. The van der Waals surface area contributed by atoms with Gasteiger partial charge in [0.1, 0.15) is 6.61 Å². The van der Waals surface area contributed by atoms with E-state index in [1.807, 2.05) is 12.3 Å². The molecule has 7 heteroatoms. The number of hydrogen-bond acceptors (Lipinski definition) is 4. The number of fused-ring (bicyclic) bond motifs is 1. The molecule has 0 unspecified atom stereocenters. The van der Waals surface area contributed by atoms with Crippen LogP contribution >= 0.6 is 23.8 Å². The predicted molar refractivity (Wildman–Crippen MR) is 88.6 cm³/mol. The maximum atomic E-state index is 6.16. The van der Waals surface area contributed by atoms with E-state index in [0.717, 1.165) is 29.8 Å². The van der Waals surface area contributed by atoms with E-state index in [0.29, 0.717) is 28.7 Å². The normalized spacial score (nSPS) is 17.0. The summed E-state index contributed by atoms with van der Waals surface area (Å²) in [6, 6.07) is 3.81. The highest BCUT2D eigenvalue weighted by Crippen LogP contribution is 2.40. The van der Waals surface area contributed by atoms with E-state index in [-0.39, 0.29) is 6.04 Å². The van der Waals surface area contributed by atoms with Crippen LogP contribution in [0.15, 0.2) is 18.3 Å². The smallest absolute Gasteiger partial charge is 0.177 e. The molecule has 0 radical (unpaired) electrons. The average Bonchev–Trinajstić information content (AvgIpc) is 2.87. The van der Waals surface area contributed by atoms with E-state index >= 15 is 0 Å². The Kier molecular flexibility index (Phi) is 4.42. The lowest BCUT2D eigenvalue weighted by atomic mass is 10.0. The Morgan fingerprint density at radius 3 is 3.09 bits per heavy atom. The van der Waals surface area contributed by atoms with Crippen molar-refractivity contribution in [2.45, 2.75) is 18.9 Å². The first-order valence-electron chi connectivity index (χ1n) is 7.12. The number of methoxy groups -OCH3 is 1. The summed E-state index contributed by atoms with van der Waals surface area (Å²) in [6.45, 7) is 1.12. The van der Waals surface area contributed by atoms with Crippen LogP contribution in [0, 0.1) is 4.77 Å². The minimum Gasteiger partial charge on any atom is -0.493 e. The van der Waals surface area contributed by atoms with Gasteiger partial charge in [-0.05, 0) is 24.8 Å². The van der Waals surface area contributed by atoms with Crippen molar-refractivity contribution in [1.82, 2.24) is 9.55 Å². The summed E-state index contributed by atoms with van der Waals surface area (Å²) in [6.07, 6.45) is 3.48. The number of rotatable bonds is 4. The van der Waals surface area contributed by atoms with Gasteiger partial charge in [-0.1, -0.05) is 11.6 Å². The number of ether oxygens (including phenoxy) is 2. The van der Waals surface area contributed by atoms with Gasteiger partial charge in [-0.3, -0.25) is 0 Å². The summed E-state index contributed by atoms with van der Waals surface area (Å²) in [5.74, 6) is 1.44. The summed E-state index contributed by atoms with van der Waals surface area (Å²) in [5, 5.41) is 0.639. The zero-order valence-corrected chi connectivity index (χ0v) is 13.8. The van der Waals surface area contributed by atoms with Crippen LogP contribution < -0.4 is 15.2 Å². The number of nitrogens with two attached hydrogens (primary N) is 1. The number of benzene rings is 1. The van der Waals surface area contributed by atoms with Gasteiger partial charge in [0.15, 0.2) is 16.3 Å². The van der Waals surface area contributed by atoms with Crippen LogP contribution in [0.4, 0.5) is 0 Å². The first kappa shape index (κ1) is 15.4. The van der Waals surface area contributed by atoms with Gasteiger partial charge >= 0.3 is 0 Å². The standard InChI is InChI=1S/C15H18ClN3O2S/c1-20-13-6-10(16)4-9-5-12(8-21-14(9)13)19-11(2-3-17)7-18-15(19)22/h4,6-7,12H,2-3,5,8,17H2,1H3,(H,18,22)/t12-/m0/s1. The molecule has 0 saturated carbocycles. The van der Waals surface area contributed by atoms with Crippen LogP contribution in [-0.4, -0.2) is 29.8 Å².